The van der Waals surface area contributed by atoms with Gasteiger partial charge in [0.25, 0.3) is 0 Å². The van der Waals surface area contributed by atoms with Crippen LogP contribution >= 0.6 is 0 Å². The summed E-state index contributed by atoms with van der Waals surface area (Å²) >= 11 is 0. The molecule has 0 unspecified atom stereocenters. The van der Waals surface area contributed by atoms with Crippen molar-refractivity contribution in [2.24, 2.45) is 0 Å². The molecule has 34 heavy (non-hydrogen) atoms. The fourth-order valence-electron chi connectivity index (χ4n) is 4.74. The maximum absolute atomic E-state index is 10.7. The third-order valence-corrected chi connectivity index (χ3v) is 6.58. The number of carbonyl (C=O) groups is 1. The Morgan fingerprint density at radius 1 is 0.882 bits per heavy atom. The van der Waals surface area contributed by atoms with Crippen LogP contribution in [-0.2, 0) is 28.0 Å². The quantitative estimate of drug-likeness (QED) is 0.396. The summed E-state index contributed by atoms with van der Waals surface area (Å²) in [5.41, 5.74) is 4.73. The molecule has 0 atom stereocenters. The monoisotopic (exact) mass is 459 g/mol. The molecule has 0 radical (unpaired) electrons. The largest absolute Gasteiger partial charge is 0.489 e. The molecule has 1 fully saturated rings. The summed E-state index contributed by atoms with van der Waals surface area (Å²) in [6.45, 7) is 3.16. The number of carboxylic acids is 1. The first-order valence-electron chi connectivity index (χ1n) is 12.0. The molecule has 5 nitrogen and oxygen atoms in total. The highest BCUT2D eigenvalue weighted by Crippen LogP contribution is 2.44. The average Bonchev–Trinajstić information content (AvgIpc) is 2.89. The van der Waals surface area contributed by atoms with Gasteiger partial charge >= 0.3 is 5.97 Å². The zero-order chi connectivity index (χ0) is 23.6. The van der Waals surface area contributed by atoms with Crippen LogP contribution in [0.15, 0.2) is 78.9 Å². The molecule has 0 bridgehead atoms. The minimum Gasteiger partial charge on any atom is -0.489 e. The van der Waals surface area contributed by atoms with Crippen molar-refractivity contribution in [2.45, 2.75) is 37.7 Å². The second kappa shape index (κ2) is 11.8. The fourth-order valence-corrected chi connectivity index (χ4v) is 4.74. The highest BCUT2D eigenvalue weighted by atomic mass is 16.5. The van der Waals surface area contributed by atoms with Crippen LogP contribution in [0.4, 0.5) is 0 Å². The zero-order valence-electron chi connectivity index (χ0n) is 19.5. The Balaban J connectivity index is 1.63. The molecule has 1 heterocycles. The molecule has 0 saturated carbocycles. The molecule has 1 aliphatic rings. The molecule has 2 N–H and O–H groups in total. The van der Waals surface area contributed by atoms with Gasteiger partial charge in [-0.05, 0) is 55.1 Å². The highest BCUT2D eigenvalue weighted by molar-refractivity contribution is 5.66. The van der Waals surface area contributed by atoms with Gasteiger partial charge in [-0.15, -0.1) is 0 Å². The van der Waals surface area contributed by atoms with E-state index in [1.165, 1.54) is 16.7 Å². The van der Waals surface area contributed by atoms with Gasteiger partial charge < -0.3 is 19.9 Å². The molecule has 3 aromatic rings. The van der Waals surface area contributed by atoms with Gasteiger partial charge in [-0.25, -0.2) is 0 Å². The Labute approximate surface area is 201 Å². The minimum absolute atomic E-state index is 0.0294. The second-order valence-electron chi connectivity index (χ2n) is 8.81. The van der Waals surface area contributed by atoms with E-state index < -0.39 is 5.97 Å². The number of rotatable bonds is 11. The second-order valence-corrected chi connectivity index (χ2v) is 8.81. The van der Waals surface area contributed by atoms with Crippen LogP contribution in [0.2, 0.25) is 0 Å². The SMILES string of the molecule is O=C(O)CCOCCc1ccc(OCc2ccccc2)c(C2(c3ccccc3)CCNCC2)c1. The molecule has 3 aromatic carbocycles. The number of hydrogen-bond donors (Lipinski definition) is 2. The first kappa shape index (κ1) is 24.0. The van der Waals surface area contributed by atoms with Crippen molar-refractivity contribution in [3.63, 3.8) is 0 Å². The van der Waals surface area contributed by atoms with Gasteiger partial charge in [0.15, 0.2) is 0 Å². The van der Waals surface area contributed by atoms with Crippen LogP contribution in [0.1, 0.15) is 41.5 Å². The van der Waals surface area contributed by atoms with Crippen LogP contribution in [0.25, 0.3) is 0 Å². The van der Waals surface area contributed by atoms with Crippen molar-refractivity contribution in [3.8, 4) is 5.75 Å². The van der Waals surface area contributed by atoms with Crippen molar-refractivity contribution in [1.29, 1.82) is 0 Å². The van der Waals surface area contributed by atoms with E-state index in [0.717, 1.165) is 43.7 Å². The molecule has 1 aliphatic heterocycles. The first-order chi connectivity index (χ1) is 16.7. The zero-order valence-corrected chi connectivity index (χ0v) is 19.5. The fraction of sp³-hybridized carbons (Fsp3) is 0.345. The Morgan fingerprint density at radius 3 is 2.29 bits per heavy atom. The normalized spacial score (nSPS) is 15.1. The van der Waals surface area contributed by atoms with Crippen LogP contribution in [-0.4, -0.2) is 37.4 Å². The Bertz CT molecular complexity index is 1050. The van der Waals surface area contributed by atoms with Crippen molar-refractivity contribution in [1.82, 2.24) is 5.32 Å². The van der Waals surface area contributed by atoms with Gasteiger partial charge in [0.05, 0.1) is 19.6 Å². The average molecular weight is 460 g/mol. The summed E-state index contributed by atoms with van der Waals surface area (Å²) < 4.78 is 12.0. The molecule has 5 heteroatoms. The van der Waals surface area contributed by atoms with Gasteiger partial charge in [0.1, 0.15) is 12.4 Å². The van der Waals surface area contributed by atoms with E-state index in [2.05, 4.69) is 66.0 Å². The number of aliphatic carboxylic acids is 1. The number of carboxylic acid groups (broad SMARTS) is 1. The highest BCUT2D eigenvalue weighted by Gasteiger charge is 2.38. The van der Waals surface area contributed by atoms with E-state index in [1.807, 2.05) is 18.2 Å². The van der Waals surface area contributed by atoms with Crippen LogP contribution < -0.4 is 10.1 Å². The van der Waals surface area contributed by atoms with Gasteiger partial charge in [0, 0.05) is 11.0 Å². The lowest BCUT2D eigenvalue weighted by atomic mass is 9.67. The Kier molecular flexibility index (Phi) is 8.34. The van der Waals surface area contributed by atoms with Crippen LogP contribution in [0.5, 0.6) is 5.75 Å². The van der Waals surface area contributed by atoms with E-state index >= 15 is 0 Å². The van der Waals surface area contributed by atoms with Gasteiger partial charge in [-0.2, -0.15) is 0 Å². The maximum Gasteiger partial charge on any atom is 0.305 e. The summed E-state index contributed by atoms with van der Waals surface area (Å²) in [5, 5.41) is 12.3. The van der Waals surface area contributed by atoms with E-state index in [-0.39, 0.29) is 18.4 Å². The van der Waals surface area contributed by atoms with Crippen molar-refractivity contribution in [2.75, 3.05) is 26.3 Å². The van der Waals surface area contributed by atoms with Gasteiger partial charge in [-0.3, -0.25) is 4.79 Å². The number of hydrogen-bond acceptors (Lipinski definition) is 4. The third kappa shape index (κ3) is 6.04. The minimum atomic E-state index is -0.835. The van der Waals surface area contributed by atoms with E-state index in [0.29, 0.717) is 13.2 Å². The molecule has 0 aliphatic carbocycles. The summed E-state index contributed by atoms with van der Waals surface area (Å²) in [7, 11) is 0. The Hall–Kier alpha value is -3.15. The first-order valence-corrected chi connectivity index (χ1v) is 12.0. The molecule has 0 spiro atoms. The number of benzene rings is 3. The van der Waals surface area contributed by atoms with Crippen molar-refractivity contribution in [3.05, 3.63) is 101 Å². The van der Waals surface area contributed by atoms with E-state index in [1.54, 1.807) is 0 Å². The third-order valence-electron chi connectivity index (χ3n) is 6.58. The number of nitrogens with one attached hydrogen (secondary N) is 1. The molecule has 0 amide bonds. The lowest BCUT2D eigenvalue weighted by Crippen LogP contribution is -2.41. The topological polar surface area (TPSA) is 67.8 Å². The number of ether oxygens (including phenoxy) is 2. The standard InChI is InChI=1S/C29H33NO4/c31-28(32)14-20-33-19-13-23-11-12-27(34-22-24-7-3-1-4-8-24)26(21-23)29(15-17-30-18-16-29)25-9-5-2-6-10-25/h1-12,21,30H,13-20,22H2,(H,31,32). The predicted molar refractivity (Wildman–Crippen MR) is 133 cm³/mol. The van der Waals surface area contributed by atoms with E-state index in [4.69, 9.17) is 14.6 Å². The number of piperidine rings is 1. The molecular formula is C29H33NO4. The molecule has 1 saturated heterocycles. The van der Waals surface area contributed by atoms with Gasteiger partial charge in [0.2, 0.25) is 0 Å². The predicted octanol–water partition coefficient (Wildman–Crippen LogP) is 4.97. The summed E-state index contributed by atoms with van der Waals surface area (Å²) in [5.74, 6) is 0.0862. The maximum atomic E-state index is 10.7. The van der Waals surface area contributed by atoms with E-state index in [9.17, 15) is 4.79 Å². The molecule has 4 rings (SSSR count). The van der Waals surface area contributed by atoms with Crippen LogP contribution in [0, 0.1) is 0 Å². The molecule has 0 aromatic heterocycles. The van der Waals surface area contributed by atoms with Gasteiger partial charge in [-0.1, -0.05) is 72.8 Å². The lowest BCUT2D eigenvalue weighted by Gasteiger charge is -2.40. The summed E-state index contributed by atoms with van der Waals surface area (Å²) in [6, 6.07) is 27.5. The summed E-state index contributed by atoms with van der Waals surface area (Å²) in [6.07, 6.45) is 2.75. The molecular weight excluding hydrogens is 426 g/mol. The lowest BCUT2D eigenvalue weighted by molar-refractivity contribution is -0.138. The van der Waals surface area contributed by atoms with Crippen molar-refractivity contribution >= 4 is 5.97 Å². The smallest absolute Gasteiger partial charge is 0.305 e. The molecule has 178 valence electrons. The van der Waals surface area contributed by atoms with Crippen molar-refractivity contribution < 1.29 is 19.4 Å². The summed E-state index contributed by atoms with van der Waals surface area (Å²) in [4.78, 5) is 10.7. The van der Waals surface area contributed by atoms with Crippen LogP contribution in [0.3, 0.4) is 0 Å². The Morgan fingerprint density at radius 2 is 1.59 bits per heavy atom.